The van der Waals surface area contributed by atoms with Gasteiger partial charge in [-0.3, -0.25) is 32.5 Å². The monoisotopic (exact) mass is 1300 g/mol. The molecule has 0 amide bonds. The first kappa shape index (κ1) is 86.2. The van der Waals surface area contributed by atoms with Gasteiger partial charge in [-0.25, -0.2) is 9.13 Å². The van der Waals surface area contributed by atoms with E-state index in [9.17, 15) is 43.5 Å². The maximum atomic E-state index is 12.8. The summed E-state index contributed by atoms with van der Waals surface area (Å²) in [7, 11) is -9.75. The third-order valence-corrected chi connectivity index (χ3v) is 17.2. The SMILES string of the molecule is CC/C=C\C/C=C\C/C=C\C/C=C\C/C=C\CCCCCCCCCCCCCCCC(=O)OCC(O)COP(=O)(O)OCC(O)COP(=O)(O)OCC(COC(=O)CCCCCCCCCCCCCCC)OC(=O)CCCCCCCCCCCCC. The molecule has 18 heteroatoms. The Morgan fingerprint density at radius 1 is 0.326 bits per heavy atom. The molecule has 16 nitrogen and oxygen atoms in total. The highest BCUT2D eigenvalue weighted by molar-refractivity contribution is 7.47. The number of aliphatic hydroxyl groups excluding tert-OH is 2. The van der Waals surface area contributed by atoms with Gasteiger partial charge in [0.25, 0.3) is 0 Å². The van der Waals surface area contributed by atoms with Crippen LogP contribution in [0.4, 0.5) is 0 Å². The molecule has 4 N–H and O–H groups in total. The number of carbonyl (C=O) groups excluding carboxylic acids is 3. The van der Waals surface area contributed by atoms with Crippen LogP contribution in [0.2, 0.25) is 0 Å². The number of rotatable bonds is 68. The number of phosphoric acid groups is 2. The van der Waals surface area contributed by atoms with Crippen molar-refractivity contribution in [1.82, 2.24) is 0 Å². The van der Waals surface area contributed by atoms with Crippen LogP contribution < -0.4 is 0 Å². The average molecular weight is 1300 g/mol. The summed E-state index contributed by atoms with van der Waals surface area (Å²) in [6, 6.07) is 0. The second kappa shape index (κ2) is 65.3. The zero-order chi connectivity index (χ0) is 65.3. The van der Waals surface area contributed by atoms with Crippen LogP contribution in [0.3, 0.4) is 0 Å². The van der Waals surface area contributed by atoms with Crippen LogP contribution in [0.15, 0.2) is 60.8 Å². The lowest BCUT2D eigenvalue weighted by Crippen LogP contribution is -2.30. The minimum absolute atomic E-state index is 0.113. The van der Waals surface area contributed by atoms with E-state index in [1.165, 1.54) is 154 Å². The van der Waals surface area contributed by atoms with Gasteiger partial charge in [0.15, 0.2) is 6.10 Å². The number of phosphoric ester groups is 2. The Bertz CT molecular complexity index is 1870. The molecule has 0 heterocycles. The summed E-state index contributed by atoms with van der Waals surface area (Å²) < 4.78 is 60.8. The van der Waals surface area contributed by atoms with Crippen LogP contribution in [0, 0.1) is 0 Å². The molecule has 0 aliphatic carbocycles. The van der Waals surface area contributed by atoms with Gasteiger partial charge in [-0.15, -0.1) is 0 Å². The van der Waals surface area contributed by atoms with Crippen LogP contribution in [-0.2, 0) is 55.8 Å². The first-order chi connectivity index (χ1) is 43.2. The predicted octanol–water partition coefficient (Wildman–Crippen LogP) is 19.8. The van der Waals surface area contributed by atoms with Crippen molar-refractivity contribution in [3.8, 4) is 0 Å². The molecule has 0 bridgehead atoms. The molecule has 5 unspecified atom stereocenters. The van der Waals surface area contributed by atoms with Gasteiger partial charge >= 0.3 is 33.6 Å². The number of carbonyl (C=O) groups is 3. The van der Waals surface area contributed by atoms with E-state index in [1.54, 1.807) is 0 Å². The number of allylic oxidation sites excluding steroid dienone is 10. The fourth-order valence-electron chi connectivity index (χ4n) is 9.83. The lowest BCUT2D eigenvalue weighted by atomic mass is 10.0. The summed E-state index contributed by atoms with van der Waals surface area (Å²) >= 11 is 0. The van der Waals surface area contributed by atoms with Gasteiger partial charge in [0.1, 0.15) is 25.4 Å². The lowest BCUT2D eigenvalue weighted by Gasteiger charge is -2.21. The third-order valence-electron chi connectivity index (χ3n) is 15.3. The zero-order valence-electron chi connectivity index (χ0n) is 56.4. The molecule has 0 rings (SSSR count). The van der Waals surface area contributed by atoms with Crippen molar-refractivity contribution in [1.29, 1.82) is 0 Å². The van der Waals surface area contributed by atoms with E-state index in [4.69, 9.17) is 32.3 Å². The lowest BCUT2D eigenvalue weighted by molar-refractivity contribution is -0.161. The van der Waals surface area contributed by atoms with Crippen molar-refractivity contribution in [2.75, 3.05) is 39.6 Å². The molecular formula is C71H130O16P2. The van der Waals surface area contributed by atoms with E-state index < -0.39 is 91.5 Å². The summed E-state index contributed by atoms with van der Waals surface area (Å²) in [6.45, 7) is 2.58. The number of hydrogen-bond donors (Lipinski definition) is 4. The number of esters is 3. The van der Waals surface area contributed by atoms with E-state index in [2.05, 4.69) is 81.5 Å². The maximum absolute atomic E-state index is 12.8. The Kier molecular flexibility index (Phi) is 63.3. The van der Waals surface area contributed by atoms with Crippen LogP contribution in [0.5, 0.6) is 0 Å². The Morgan fingerprint density at radius 2 is 0.596 bits per heavy atom. The molecule has 0 fully saturated rings. The van der Waals surface area contributed by atoms with Crippen molar-refractivity contribution in [2.45, 2.75) is 334 Å². The Hall–Kier alpha value is -2.75. The van der Waals surface area contributed by atoms with E-state index in [0.717, 1.165) is 103 Å². The van der Waals surface area contributed by atoms with E-state index >= 15 is 0 Å². The van der Waals surface area contributed by atoms with Gasteiger partial charge in [-0.05, 0) is 64.2 Å². The standard InChI is InChI=1S/C71H130O16P2/c1-4-7-10-13-16-19-22-24-25-26-27-28-29-30-31-32-33-34-35-36-37-38-39-41-44-45-48-51-54-57-69(74)81-60-66(72)61-83-88(77,78)84-62-67(73)63-85-89(79,80)86-65-68(87-71(76)59-56-53-50-47-42-21-18-15-12-9-6-3)64-82-70(75)58-55-52-49-46-43-40-23-20-17-14-11-8-5-2/h7,10,16,19,24-25,27-28,30-31,66-68,72-73H,4-6,8-9,11-15,17-18,20-23,26,29,32-65H2,1-3H3,(H,77,78)(H,79,80)/b10-7-,19-16-,25-24-,28-27-,31-30-. The summed E-state index contributed by atoms with van der Waals surface area (Å²) in [5, 5.41) is 20.5. The highest BCUT2D eigenvalue weighted by Gasteiger charge is 2.29. The van der Waals surface area contributed by atoms with Crippen molar-refractivity contribution in [3.63, 3.8) is 0 Å². The fourth-order valence-corrected chi connectivity index (χ4v) is 11.4. The van der Waals surface area contributed by atoms with Crippen LogP contribution >= 0.6 is 15.6 Å². The second-order valence-corrected chi connectivity index (χ2v) is 26.9. The number of aliphatic hydroxyl groups is 2. The predicted molar refractivity (Wildman–Crippen MR) is 362 cm³/mol. The topological polar surface area (TPSA) is 231 Å². The number of unbranched alkanes of at least 4 members (excludes halogenated alkanes) is 35. The molecule has 5 atom stereocenters. The molecule has 0 radical (unpaired) electrons. The first-order valence-electron chi connectivity index (χ1n) is 35.6. The highest BCUT2D eigenvalue weighted by Crippen LogP contribution is 2.45. The minimum atomic E-state index is -4.91. The van der Waals surface area contributed by atoms with Crippen LogP contribution in [0.1, 0.15) is 316 Å². The average Bonchev–Trinajstić information content (AvgIpc) is 3.73. The van der Waals surface area contributed by atoms with Crippen molar-refractivity contribution in [2.24, 2.45) is 0 Å². The molecule has 0 saturated carbocycles. The zero-order valence-corrected chi connectivity index (χ0v) is 58.1. The van der Waals surface area contributed by atoms with Gasteiger partial charge in [0.05, 0.1) is 26.4 Å². The Morgan fingerprint density at radius 3 is 0.944 bits per heavy atom. The van der Waals surface area contributed by atoms with Gasteiger partial charge < -0.3 is 34.2 Å². The summed E-state index contributed by atoms with van der Waals surface area (Å²) in [4.78, 5) is 58.2. The summed E-state index contributed by atoms with van der Waals surface area (Å²) in [5.74, 6) is -1.56. The van der Waals surface area contributed by atoms with E-state index in [0.29, 0.717) is 19.3 Å². The van der Waals surface area contributed by atoms with Crippen molar-refractivity contribution < 1.29 is 75.8 Å². The molecular weight excluding hydrogens is 1170 g/mol. The molecule has 0 aliphatic heterocycles. The molecule has 89 heavy (non-hydrogen) atoms. The van der Waals surface area contributed by atoms with E-state index in [-0.39, 0.29) is 19.3 Å². The van der Waals surface area contributed by atoms with E-state index in [1.807, 2.05) is 0 Å². The van der Waals surface area contributed by atoms with Crippen molar-refractivity contribution >= 4 is 33.6 Å². The van der Waals surface area contributed by atoms with Crippen LogP contribution in [0.25, 0.3) is 0 Å². The minimum Gasteiger partial charge on any atom is -0.463 e. The number of ether oxygens (including phenoxy) is 3. The number of hydrogen-bond acceptors (Lipinski definition) is 14. The Labute approximate surface area is 541 Å². The fraction of sp³-hybridized carbons (Fsp3) is 0.817. The molecule has 0 aromatic carbocycles. The quantitative estimate of drug-likeness (QED) is 0.0146. The molecule has 0 aliphatic rings. The second-order valence-electron chi connectivity index (χ2n) is 24.0. The summed E-state index contributed by atoms with van der Waals surface area (Å²) in [5.41, 5.74) is 0. The van der Waals surface area contributed by atoms with Crippen LogP contribution in [-0.4, -0.2) is 95.9 Å². The first-order valence-corrected chi connectivity index (χ1v) is 38.6. The third kappa shape index (κ3) is 66.5. The highest BCUT2D eigenvalue weighted by atomic mass is 31.2. The molecule has 0 saturated heterocycles. The van der Waals surface area contributed by atoms with Gasteiger partial charge in [-0.1, -0.05) is 293 Å². The molecule has 520 valence electrons. The normalized spacial score (nSPS) is 14.6. The largest absolute Gasteiger partial charge is 0.472 e. The summed E-state index contributed by atoms with van der Waals surface area (Å²) in [6.07, 6.45) is 67.2. The molecule has 0 aromatic heterocycles. The maximum Gasteiger partial charge on any atom is 0.472 e. The van der Waals surface area contributed by atoms with Gasteiger partial charge in [0.2, 0.25) is 0 Å². The molecule has 0 spiro atoms. The molecule has 0 aromatic rings. The van der Waals surface area contributed by atoms with Crippen molar-refractivity contribution in [3.05, 3.63) is 60.8 Å². The van der Waals surface area contributed by atoms with Gasteiger partial charge in [-0.2, -0.15) is 0 Å². The smallest absolute Gasteiger partial charge is 0.463 e. The Balaban J connectivity index is 4.36. The van der Waals surface area contributed by atoms with Gasteiger partial charge in [0, 0.05) is 19.3 Å².